The van der Waals surface area contributed by atoms with Gasteiger partial charge in [0.05, 0.1) is 0 Å². The van der Waals surface area contributed by atoms with Crippen LogP contribution in [-0.4, -0.2) is 58.1 Å². The zero-order valence-electron chi connectivity index (χ0n) is 16.3. The normalized spacial score (nSPS) is 24.0. The number of rotatable bonds is 4. The molecule has 2 aliphatic rings. The average Bonchev–Trinajstić information content (AvgIpc) is 3.35. The number of hydrogen-bond acceptors (Lipinski definition) is 4. The maximum Gasteiger partial charge on any atom is 0.272 e. The van der Waals surface area contributed by atoms with Gasteiger partial charge >= 0.3 is 0 Å². The van der Waals surface area contributed by atoms with Crippen molar-refractivity contribution in [3.63, 3.8) is 0 Å². The number of nitrogens with zero attached hydrogens (tertiary/aromatic N) is 3. The first kappa shape index (κ1) is 19.4. The molecule has 3 amide bonds. The van der Waals surface area contributed by atoms with E-state index in [0.29, 0.717) is 24.7 Å². The third-order valence-electron chi connectivity index (χ3n) is 5.42. The summed E-state index contributed by atoms with van der Waals surface area (Å²) in [5.74, 6) is -0.577. The molecule has 1 aromatic rings. The second-order valence-corrected chi connectivity index (χ2v) is 7.85. The van der Waals surface area contributed by atoms with Crippen LogP contribution in [0.1, 0.15) is 54.7 Å². The van der Waals surface area contributed by atoms with Gasteiger partial charge in [-0.3, -0.25) is 19.1 Å². The second-order valence-electron chi connectivity index (χ2n) is 7.85. The summed E-state index contributed by atoms with van der Waals surface area (Å²) < 4.78 is 1.66. The standard InChI is InChI=1S/C19H29N5O3/c1-12-9-16(22-24(12)3)19(27)21-15-6-4-5-13(10-17(25)23(2)11-15)18(26)20-14-7-8-14/h9,13-15H,4-8,10-11H2,1-3H3,(H,20,26)(H,21,27). The maximum atomic E-state index is 12.5. The molecule has 3 rings (SSSR count). The molecule has 2 N–H and O–H groups in total. The van der Waals surface area contributed by atoms with Crippen molar-refractivity contribution in [2.24, 2.45) is 13.0 Å². The van der Waals surface area contributed by atoms with E-state index in [9.17, 15) is 14.4 Å². The minimum absolute atomic E-state index is 0.00861. The second kappa shape index (κ2) is 8.10. The van der Waals surface area contributed by atoms with Crippen molar-refractivity contribution in [2.75, 3.05) is 13.6 Å². The van der Waals surface area contributed by atoms with Gasteiger partial charge in [0.15, 0.2) is 0 Å². The van der Waals surface area contributed by atoms with Gasteiger partial charge in [-0.15, -0.1) is 0 Å². The molecule has 2 fully saturated rings. The van der Waals surface area contributed by atoms with Crippen LogP contribution in [0.15, 0.2) is 6.07 Å². The Morgan fingerprint density at radius 2 is 1.85 bits per heavy atom. The molecule has 2 unspecified atom stereocenters. The fraction of sp³-hybridized carbons (Fsp3) is 0.684. The summed E-state index contributed by atoms with van der Waals surface area (Å²) in [6.07, 6.45) is 4.47. The van der Waals surface area contributed by atoms with Crippen LogP contribution in [0.2, 0.25) is 0 Å². The zero-order valence-corrected chi connectivity index (χ0v) is 16.3. The molecule has 1 aromatic heterocycles. The average molecular weight is 375 g/mol. The molecular weight excluding hydrogens is 346 g/mol. The highest BCUT2D eigenvalue weighted by Gasteiger charge is 2.31. The minimum atomic E-state index is -0.284. The lowest BCUT2D eigenvalue weighted by Crippen LogP contribution is -2.44. The SMILES string of the molecule is Cc1cc(C(=O)NC2CCCC(C(=O)NC3CC3)CC(=O)N(C)C2)nn1C. The molecule has 1 aliphatic carbocycles. The van der Waals surface area contributed by atoms with Gasteiger partial charge in [0.2, 0.25) is 11.8 Å². The van der Waals surface area contributed by atoms with Crippen molar-refractivity contribution in [1.82, 2.24) is 25.3 Å². The lowest BCUT2D eigenvalue weighted by molar-refractivity contribution is -0.135. The highest BCUT2D eigenvalue weighted by atomic mass is 16.2. The first-order chi connectivity index (χ1) is 12.8. The highest BCUT2D eigenvalue weighted by molar-refractivity contribution is 5.92. The monoisotopic (exact) mass is 375 g/mol. The summed E-state index contributed by atoms with van der Waals surface area (Å²) in [6.45, 7) is 2.33. The molecule has 0 spiro atoms. The summed E-state index contributed by atoms with van der Waals surface area (Å²) >= 11 is 0. The van der Waals surface area contributed by atoms with Gasteiger partial charge in [0, 0.05) is 50.8 Å². The molecule has 2 atom stereocenters. The summed E-state index contributed by atoms with van der Waals surface area (Å²) in [7, 11) is 3.53. The van der Waals surface area contributed by atoms with Crippen molar-refractivity contribution in [3.05, 3.63) is 17.5 Å². The summed E-state index contributed by atoms with van der Waals surface area (Å²) in [6, 6.07) is 1.89. The number of amides is 3. The van der Waals surface area contributed by atoms with E-state index in [1.807, 2.05) is 6.92 Å². The lowest BCUT2D eigenvalue weighted by Gasteiger charge is -2.24. The number of hydrogen-bond donors (Lipinski definition) is 2. The molecule has 1 aliphatic heterocycles. The van der Waals surface area contributed by atoms with Gasteiger partial charge < -0.3 is 15.5 Å². The van der Waals surface area contributed by atoms with Gasteiger partial charge in [-0.2, -0.15) is 5.10 Å². The number of carbonyl (C=O) groups is 3. The fourth-order valence-electron chi connectivity index (χ4n) is 3.42. The quantitative estimate of drug-likeness (QED) is 0.812. The molecule has 8 heteroatoms. The van der Waals surface area contributed by atoms with Crippen LogP contribution in [0.5, 0.6) is 0 Å². The van der Waals surface area contributed by atoms with Crippen LogP contribution in [0.25, 0.3) is 0 Å². The summed E-state index contributed by atoms with van der Waals surface area (Å²) in [5, 5.41) is 10.2. The fourth-order valence-corrected chi connectivity index (χ4v) is 3.42. The third-order valence-corrected chi connectivity index (χ3v) is 5.42. The van der Waals surface area contributed by atoms with Gasteiger partial charge in [0.1, 0.15) is 5.69 Å². The Morgan fingerprint density at radius 3 is 2.48 bits per heavy atom. The van der Waals surface area contributed by atoms with Gasteiger partial charge in [-0.05, 0) is 38.7 Å². The van der Waals surface area contributed by atoms with Crippen LogP contribution in [0.4, 0.5) is 0 Å². The van der Waals surface area contributed by atoms with E-state index in [0.717, 1.165) is 31.4 Å². The van der Waals surface area contributed by atoms with Gasteiger partial charge in [-0.25, -0.2) is 0 Å². The highest BCUT2D eigenvalue weighted by Crippen LogP contribution is 2.23. The molecular formula is C19H29N5O3. The first-order valence-corrected chi connectivity index (χ1v) is 9.69. The predicted molar refractivity (Wildman–Crippen MR) is 100.0 cm³/mol. The zero-order chi connectivity index (χ0) is 19.6. The Balaban J connectivity index is 1.61. The number of likely N-dealkylation sites (N-methyl/N-ethyl adjacent to an activating group) is 1. The number of aryl methyl sites for hydroxylation is 2. The molecule has 8 nitrogen and oxygen atoms in total. The summed E-state index contributed by atoms with van der Waals surface area (Å²) in [5.41, 5.74) is 1.29. The number of aromatic nitrogens is 2. The summed E-state index contributed by atoms with van der Waals surface area (Å²) in [4.78, 5) is 39.0. The Morgan fingerprint density at radius 1 is 1.11 bits per heavy atom. The Hall–Kier alpha value is -2.38. The Kier molecular flexibility index (Phi) is 5.82. The van der Waals surface area contributed by atoms with Gasteiger partial charge in [0.25, 0.3) is 5.91 Å². The lowest BCUT2D eigenvalue weighted by atomic mass is 9.96. The molecule has 0 bridgehead atoms. The van der Waals surface area contributed by atoms with E-state index in [1.165, 1.54) is 0 Å². The van der Waals surface area contributed by atoms with Crippen molar-refractivity contribution in [1.29, 1.82) is 0 Å². The van der Waals surface area contributed by atoms with Crippen LogP contribution in [0, 0.1) is 12.8 Å². The van der Waals surface area contributed by atoms with Crippen molar-refractivity contribution >= 4 is 17.7 Å². The molecule has 27 heavy (non-hydrogen) atoms. The van der Waals surface area contributed by atoms with E-state index in [2.05, 4.69) is 15.7 Å². The van der Waals surface area contributed by atoms with Crippen molar-refractivity contribution in [3.8, 4) is 0 Å². The topological polar surface area (TPSA) is 96.3 Å². The van der Waals surface area contributed by atoms with Crippen LogP contribution < -0.4 is 10.6 Å². The van der Waals surface area contributed by atoms with Crippen LogP contribution in [0.3, 0.4) is 0 Å². The number of carbonyl (C=O) groups excluding carboxylic acids is 3. The van der Waals surface area contributed by atoms with Gasteiger partial charge in [-0.1, -0.05) is 6.42 Å². The smallest absolute Gasteiger partial charge is 0.272 e. The van der Waals surface area contributed by atoms with E-state index < -0.39 is 0 Å². The van der Waals surface area contributed by atoms with E-state index in [-0.39, 0.29) is 36.1 Å². The molecule has 0 aromatic carbocycles. The van der Waals surface area contributed by atoms with Crippen LogP contribution >= 0.6 is 0 Å². The molecule has 0 radical (unpaired) electrons. The van der Waals surface area contributed by atoms with Crippen molar-refractivity contribution in [2.45, 2.75) is 57.5 Å². The Bertz CT molecular complexity index is 705. The van der Waals surface area contributed by atoms with E-state index in [1.54, 1.807) is 29.7 Å². The third kappa shape index (κ3) is 5.08. The minimum Gasteiger partial charge on any atom is -0.353 e. The number of nitrogens with one attached hydrogen (secondary N) is 2. The predicted octanol–water partition coefficient (Wildman–Crippen LogP) is 0.754. The first-order valence-electron chi connectivity index (χ1n) is 9.69. The Labute approximate surface area is 159 Å². The largest absolute Gasteiger partial charge is 0.353 e. The van der Waals surface area contributed by atoms with Crippen molar-refractivity contribution < 1.29 is 14.4 Å². The van der Waals surface area contributed by atoms with Crippen LogP contribution in [-0.2, 0) is 16.6 Å². The molecule has 1 saturated carbocycles. The maximum absolute atomic E-state index is 12.5. The molecule has 2 heterocycles. The molecule has 148 valence electrons. The molecule has 1 saturated heterocycles. The van der Waals surface area contributed by atoms with E-state index in [4.69, 9.17) is 0 Å². The van der Waals surface area contributed by atoms with E-state index >= 15 is 0 Å².